The van der Waals surface area contributed by atoms with Gasteiger partial charge >= 0.3 is 17.9 Å². The molecule has 3 heterocycles. The molecular weight excluding hydrogens is 472 g/mol. The molecule has 2 saturated carbocycles. The maximum Gasteiger partial charge on any atom is 0.348 e. The van der Waals surface area contributed by atoms with Gasteiger partial charge in [0, 0.05) is 18.3 Å². The number of ketones is 1. The van der Waals surface area contributed by atoms with E-state index in [4.69, 9.17) is 23.2 Å². The van der Waals surface area contributed by atoms with Gasteiger partial charge in [-0.1, -0.05) is 12.8 Å². The van der Waals surface area contributed by atoms with Crippen molar-refractivity contribution in [1.82, 2.24) is 0 Å². The fraction of sp³-hybridized carbons (Fsp3) is 0.545. The van der Waals surface area contributed by atoms with Gasteiger partial charge in [0.05, 0.1) is 0 Å². The van der Waals surface area contributed by atoms with Gasteiger partial charge in [0.1, 0.15) is 29.3 Å². The van der Waals surface area contributed by atoms with Crippen molar-refractivity contribution in [3.8, 4) is 11.5 Å². The highest BCUT2D eigenvalue weighted by Gasteiger charge is 2.44. The summed E-state index contributed by atoms with van der Waals surface area (Å²) in [4.78, 5) is 49.9. The Bertz CT molecular complexity index is 1290. The third kappa shape index (κ3) is 4.05. The summed E-state index contributed by atoms with van der Waals surface area (Å²) in [6.45, 7) is -0.658. The van der Waals surface area contributed by atoms with Crippen LogP contribution in [0.1, 0.15) is 65.7 Å². The molecule has 182 valence electrons. The number of fused-ring (bicyclic) bond motifs is 3. The maximum atomic E-state index is 12.6. The van der Waals surface area contributed by atoms with Crippen LogP contribution in [0.2, 0.25) is 0 Å². The first-order valence-corrected chi connectivity index (χ1v) is 12.7. The Balaban J connectivity index is 1.27. The number of carbonyl (C=O) groups is 4. The van der Waals surface area contributed by atoms with Gasteiger partial charge < -0.3 is 18.6 Å². The topological polar surface area (TPSA) is 163 Å². The highest BCUT2D eigenvalue weighted by atomic mass is 32.2. The van der Waals surface area contributed by atoms with Crippen molar-refractivity contribution in [2.75, 3.05) is 12.4 Å². The monoisotopic (exact) mass is 494 g/mol. The number of rotatable bonds is 8. The molecule has 4 bridgehead atoms. The van der Waals surface area contributed by atoms with Gasteiger partial charge in [0.15, 0.2) is 11.2 Å². The van der Waals surface area contributed by atoms with Crippen LogP contribution in [0.25, 0.3) is 11.2 Å². The standard InChI is InChI=1S/C22H22O11S/c23-13(5-4-12-9-10-2-1-3-11(8-10)16(12)24)31-19-17-14(21(25)30-6-7-34(27,28)29)15-18(32-17)20(19)33-22(15)26/h10-12H,1-9H2,(H,27,28,29). The van der Waals surface area contributed by atoms with Gasteiger partial charge in [-0.2, -0.15) is 8.42 Å². The minimum atomic E-state index is -4.36. The Morgan fingerprint density at radius 1 is 1.12 bits per heavy atom. The lowest BCUT2D eigenvalue weighted by Gasteiger charge is -2.37. The van der Waals surface area contributed by atoms with Crippen LogP contribution in [-0.2, 0) is 24.4 Å². The zero-order chi connectivity index (χ0) is 24.2. The first-order chi connectivity index (χ1) is 16.1. The van der Waals surface area contributed by atoms with Gasteiger partial charge in [-0.05, 0) is 31.6 Å². The second-order valence-corrected chi connectivity index (χ2v) is 10.6. The second-order valence-electron chi connectivity index (χ2n) is 9.06. The Morgan fingerprint density at radius 2 is 1.91 bits per heavy atom. The molecule has 2 aliphatic carbocycles. The van der Waals surface area contributed by atoms with E-state index in [2.05, 4.69) is 0 Å². The molecule has 0 aromatic carbocycles. The summed E-state index contributed by atoms with van der Waals surface area (Å²) < 4.78 is 51.1. The average molecular weight is 494 g/mol. The van der Waals surface area contributed by atoms with Crippen LogP contribution < -0.4 is 9.47 Å². The third-order valence-corrected chi connectivity index (χ3v) is 7.51. The highest BCUT2D eigenvalue weighted by molar-refractivity contribution is 7.85. The van der Waals surface area contributed by atoms with Crippen LogP contribution in [0.4, 0.5) is 0 Å². The molecule has 3 aliphatic rings. The SMILES string of the molecule is O=C(CCC1CC2CCCC(C2)C1=O)Oc1c2c3oc1c(C(=O)OCCS(=O)(=O)O)c3C(=O)O2. The fourth-order valence-corrected chi connectivity index (χ4v) is 5.61. The number of furan rings is 2. The van der Waals surface area contributed by atoms with E-state index in [1.54, 1.807) is 0 Å². The number of Topliss-reactive ketones (excluding diaryl/α,β-unsaturated/α-hetero) is 1. The van der Waals surface area contributed by atoms with Crippen molar-refractivity contribution >= 4 is 45.0 Å². The van der Waals surface area contributed by atoms with Gasteiger partial charge in [-0.25, -0.2) is 9.59 Å². The maximum absolute atomic E-state index is 12.6. The van der Waals surface area contributed by atoms with Crippen LogP contribution in [0.5, 0.6) is 11.5 Å². The van der Waals surface area contributed by atoms with E-state index in [0.717, 1.165) is 32.1 Å². The predicted molar refractivity (Wildman–Crippen MR) is 112 cm³/mol. The summed E-state index contributed by atoms with van der Waals surface area (Å²) in [6.07, 6.45) is 5.12. The van der Waals surface area contributed by atoms with E-state index in [1.165, 1.54) is 0 Å². The van der Waals surface area contributed by atoms with E-state index >= 15 is 0 Å². The molecule has 2 aromatic rings. The Labute approximate surface area is 193 Å². The highest BCUT2D eigenvalue weighted by Crippen LogP contribution is 2.52. The molecule has 11 nitrogen and oxygen atoms in total. The summed E-state index contributed by atoms with van der Waals surface area (Å²) >= 11 is 0. The minimum Gasteiger partial charge on any atom is -0.461 e. The number of carbonyl (C=O) groups excluding carboxylic acids is 4. The first kappa shape index (κ1) is 22.8. The van der Waals surface area contributed by atoms with Crippen molar-refractivity contribution in [2.45, 2.75) is 44.9 Å². The molecular formula is C22H22O11S. The van der Waals surface area contributed by atoms with E-state index < -0.39 is 40.4 Å². The van der Waals surface area contributed by atoms with E-state index in [0.29, 0.717) is 12.3 Å². The Morgan fingerprint density at radius 3 is 2.68 bits per heavy atom. The van der Waals surface area contributed by atoms with Crippen LogP contribution in [0, 0.1) is 17.8 Å². The Hall–Kier alpha value is -2.99. The van der Waals surface area contributed by atoms with Crippen molar-refractivity contribution in [2.24, 2.45) is 17.8 Å². The molecule has 5 rings (SSSR count). The lowest BCUT2D eigenvalue weighted by molar-refractivity contribution is -0.136. The number of ether oxygens (including phenoxy) is 3. The molecule has 3 unspecified atom stereocenters. The van der Waals surface area contributed by atoms with Crippen molar-refractivity contribution in [3.05, 3.63) is 11.1 Å². The van der Waals surface area contributed by atoms with Crippen molar-refractivity contribution < 1.29 is 50.8 Å². The summed E-state index contributed by atoms with van der Waals surface area (Å²) in [5.74, 6) is -3.19. The molecule has 12 heteroatoms. The van der Waals surface area contributed by atoms with Crippen molar-refractivity contribution in [3.63, 3.8) is 0 Å². The number of hydrogen-bond acceptors (Lipinski definition) is 10. The normalized spacial score (nSPS) is 23.9. The minimum absolute atomic E-state index is 0.0338. The van der Waals surface area contributed by atoms with Crippen molar-refractivity contribution in [1.29, 1.82) is 0 Å². The summed E-state index contributed by atoms with van der Waals surface area (Å²) in [7, 11) is -4.36. The molecule has 2 fully saturated rings. The molecule has 0 saturated heterocycles. The van der Waals surface area contributed by atoms with Crippen LogP contribution in [0.3, 0.4) is 0 Å². The lowest BCUT2D eigenvalue weighted by Crippen LogP contribution is -2.36. The van der Waals surface area contributed by atoms with Gasteiger partial charge in [0.2, 0.25) is 11.5 Å². The van der Waals surface area contributed by atoms with Gasteiger partial charge in [-0.3, -0.25) is 14.1 Å². The van der Waals surface area contributed by atoms with E-state index in [1.807, 2.05) is 0 Å². The molecule has 1 N–H and O–H groups in total. The summed E-state index contributed by atoms with van der Waals surface area (Å²) in [5, 5.41) is 0. The number of hydrogen-bond donors (Lipinski definition) is 1. The number of benzene rings is 1. The Kier molecular flexibility index (Phi) is 5.59. The fourth-order valence-electron chi connectivity index (χ4n) is 5.32. The van der Waals surface area contributed by atoms with Gasteiger partial charge in [-0.15, -0.1) is 0 Å². The smallest absolute Gasteiger partial charge is 0.348 e. The second kappa shape index (κ2) is 8.35. The van der Waals surface area contributed by atoms with Crippen LogP contribution in [-0.4, -0.2) is 49.0 Å². The predicted octanol–water partition coefficient (Wildman–Crippen LogP) is 2.53. The zero-order valence-electron chi connectivity index (χ0n) is 18.0. The average Bonchev–Trinajstić information content (AvgIpc) is 3.38. The number of esters is 3. The molecule has 0 radical (unpaired) electrons. The molecule has 0 spiro atoms. The summed E-state index contributed by atoms with van der Waals surface area (Å²) in [5.41, 5.74) is -0.824. The van der Waals surface area contributed by atoms with Crippen LogP contribution in [0.15, 0.2) is 4.42 Å². The van der Waals surface area contributed by atoms with Gasteiger partial charge in [0.25, 0.3) is 10.1 Å². The van der Waals surface area contributed by atoms with E-state index in [9.17, 15) is 27.6 Å². The third-order valence-electron chi connectivity index (χ3n) is 6.82. The zero-order valence-corrected chi connectivity index (χ0v) is 18.9. The molecule has 0 amide bonds. The molecule has 34 heavy (non-hydrogen) atoms. The first-order valence-electron chi connectivity index (χ1n) is 11.1. The molecule has 1 aliphatic heterocycles. The molecule has 2 aromatic heterocycles. The largest absolute Gasteiger partial charge is 0.461 e. The lowest BCUT2D eigenvalue weighted by atomic mass is 9.66. The molecule has 3 atom stereocenters. The van der Waals surface area contributed by atoms with Crippen LogP contribution >= 0.6 is 0 Å². The quantitative estimate of drug-likeness (QED) is 0.326. The van der Waals surface area contributed by atoms with E-state index in [-0.39, 0.29) is 57.8 Å². The summed E-state index contributed by atoms with van der Waals surface area (Å²) in [6, 6.07) is 0.